The Morgan fingerprint density at radius 3 is 2.29 bits per heavy atom. The normalized spacial score (nSPS) is 18.2. The highest BCUT2D eigenvalue weighted by molar-refractivity contribution is 6.21. The van der Waals surface area contributed by atoms with Gasteiger partial charge in [-0.2, -0.15) is 0 Å². The molecule has 0 radical (unpaired) electrons. The molecule has 2 aromatic rings. The van der Waals surface area contributed by atoms with Crippen LogP contribution in [0.25, 0.3) is 0 Å². The lowest BCUT2D eigenvalue weighted by atomic mass is 9.89. The number of para-hydroxylation sites is 1. The first-order valence-electron chi connectivity index (χ1n) is 7.45. The topological polar surface area (TPSA) is 9.23 Å². The van der Waals surface area contributed by atoms with Crippen LogP contribution in [0.3, 0.4) is 0 Å². The number of hydrogen-bond acceptors (Lipinski definition) is 1. The van der Waals surface area contributed by atoms with Crippen molar-refractivity contribution >= 4 is 11.6 Å². The van der Waals surface area contributed by atoms with E-state index in [1.54, 1.807) is 0 Å². The molecule has 1 aliphatic rings. The van der Waals surface area contributed by atoms with Crippen LogP contribution in [0.15, 0.2) is 30.3 Å². The fourth-order valence-electron chi connectivity index (χ4n) is 3.22. The van der Waals surface area contributed by atoms with Gasteiger partial charge in [-0.3, -0.25) is 0 Å². The smallest absolute Gasteiger partial charge is 0.123 e. The number of ether oxygens (including phenoxy) is 1. The van der Waals surface area contributed by atoms with Crippen LogP contribution >= 0.6 is 11.6 Å². The molecule has 2 atom stereocenters. The Kier molecular flexibility index (Phi) is 3.71. The van der Waals surface area contributed by atoms with Gasteiger partial charge in [0.15, 0.2) is 0 Å². The van der Waals surface area contributed by atoms with Crippen molar-refractivity contribution < 1.29 is 4.74 Å². The van der Waals surface area contributed by atoms with Gasteiger partial charge in [0.1, 0.15) is 11.9 Å². The first kappa shape index (κ1) is 14.5. The summed E-state index contributed by atoms with van der Waals surface area (Å²) in [5.41, 5.74) is 7.68. The highest BCUT2D eigenvalue weighted by Gasteiger charge is 2.32. The minimum absolute atomic E-state index is 0.0164. The standard InChI is InChI=1S/C19H21ClO/c1-11-9-12(2)14(4)18(13(11)3)19(20)17-10-15-7-5-6-8-16(15)21-17/h5-9,17,19H,10H2,1-4H3. The van der Waals surface area contributed by atoms with Crippen LogP contribution in [-0.2, 0) is 6.42 Å². The highest BCUT2D eigenvalue weighted by atomic mass is 35.5. The van der Waals surface area contributed by atoms with E-state index < -0.39 is 0 Å². The molecule has 2 aromatic carbocycles. The summed E-state index contributed by atoms with van der Waals surface area (Å²) in [6.07, 6.45) is 0.901. The van der Waals surface area contributed by atoms with Crippen molar-refractivity contribution in [1.29, 1.82) is 0 Å². The summed E-state index contributed by atoms with van der Waals surface area (Å²) < 4.78 is 6.08. The van der Waals surface area contributed by atoms with Gasteiger partial charge in [-0.25, -0.2) is 0 Å². The van der Waals surface area contributed by atoms with Crippen LogP contribution in [-0.4, -0.2) is 6.10 Å². The summed E-state index contributed by atoms with van der Waals surface area (Å²) in [5.74, 6) is 0.979. The third-order valence-corrected chi connectivity index (χ3v) is 5.20. The van der Waals surface area contributed by atoms with E-state index in [0.717, 1.165) is 12.2 Å². The number of hydrogen-bond donors (Lipinski definition) is 0. The molecule has 1 aliphatic heterocycles. The predicted molar refractivity (Wildman–Crippen MR) is 88.5 cm³/mol. The van der Waals surface area contributed by atoms with Crippen LogP contribution in [0.1, 0.15) is 38.8 Å². The maximum absolute atomic E-state index is 6.83. The molecule has 2 unspecified atom stereocenters. The van der Waals surface area contributed by atoms with Gasteiger partial charge in [0.25, 0.3) is 0 Å². The third-order valence-electron chi connectivity index (χ3n) is 4.70. The summed E-state index contributed by atoms with van der Waals surface area (Å²) in [6.45, 7) is 8.63. The van der Waals surface area contributed by atoms with Crippen molar-refractivity contribution in [3.63, 3.8) is 0 Å². The number of alkyl halides is 1. The van der Waals surface area contributed by atoms with E-state index in [9.17, 15) is 0 Å². The van der Waals surface area contributed by atoms with E-state index in [0.29, 0.717) is 0 Å². The zero-order valence-corrected chi connectivity index (χ0v) is 13.8. The van der Waals surface area contributed by atoms with Gasteiger partial charge in [0.2, 0.25) is 0 Å². The number of aryl methyl sites for hydroxylation is 2. The van der Waals surface area contributed by atoms with Crippen LogP contribution in [0, 0.1) is 27.7 Å². The quantitative estimate of drug-likeness (QED) is 0.692. The molecule has 0 fully saturated rings. The summed E-state index contributed by atoms with van der Waals surface area (Å²) in [4.78, 5) is 0. The van der Waals surface area contributed by atoms with Gasteiger partial charge in [-0.05, 0) is 67.1 Å². The second-order valence-corrected chi connectivity index (χ2v) is 6.51. The molecule has 0 spiro atoms. The van der Waals surface area contributed by atoms with Gasteiger partial charge < -0.3 is 4.74 Å². The van der Waals surface area contributed by atoms with Crippen LogP contribution in [0.5, 0.6) is 5.75 Å². The molecule has 0 amide bonds. The molecule has 0 aliphatic carbocycles. The molecule has 0 N–H and O–H groups in total. The van der Waals surface area contributed by atoms with E-state index >= 15 is 0 Å². The van der Waals surface area contributed by atoms with Gasteiger partial charge in [0.05, 0.1) is 5.38 Å². The monoisotopic (exact) mass is 300 g/mol. The molecular formula is C19H21ClO. The molecule has 1 nitrogen and oxygen atoms in total. The average Bonchev–Trinajstić information content (AvgIpc) is 2.89. The second-order valence-electron chi connectivity index (χ2n) is 6.04. The summed E-state index contributed by atoms with van der Waals surface area (Å²) in [6, 6.07) is 10.5. The van der Waals surface area contributed by atoms with Crippen LogP contribution in [0.4, 0.5) is 0 Å². The van der Waals surface area contributed by atoms with E-state index in [1.165, 1.54) is 33.4 Å². The number of benzene rings is 2. The first-order chi connectivity index (χ1) is 9.99. The highest BCUT2D eigenvalue weighted by Crippen LogP contribution is 2.40. The molecule has 0 bridgehead atoms. The maximum atomic E-state index is 6.83. The minimum atomic E-state index is -0.115. The molecule has 110 valence electrons. The molecule has 2 heteroatoms. The van der Waals surface area contributed by atoms with Crippen LogP contribution < -0.4 is 4.74 Å². The zero-order chi connectivity index (χ0) is 15.1. The van der Waals surface area contributed by atoms with E-state index in [1.807, 2.05) is 12.1 Å². The van der Waals surface area contributed by atoms with Gasteiger partial charge in [-0.15, -0.1) is 11.6 Å². The minimum Gasteiger partial charge on any atom is -0.488 e. The summed E-state index contributed by atoms with van der Waals surface area (Å²) in [7, 11) is 0. The molecule has 21 heavy (non-hydrogen) atoms. The Labute approximate surface area is 131 Å². The zero-order valence-electron chi connectivity index (χ0n) is 13.0. The lowest BCUT2D eigenvalue weighted by molar-refractivity contribution is 0.226. The van der Waals surface area contributed by atoms with Gasteiger partial charge in [-0.1, -0.05) is 24.3 Å². The molecule has 0 saturated carbocycles. The van der Waals surface area contributed by atoms with E-state index in [4.69, 9.17) is 16.3 Å². The Bertz CT molecular complexity index is 639. The molecule has 3 rings (SSSR count). The SMILES string of the molecule is Cc1cc(C)c(C)c(C(Cl)C2Cc3ccccc3O2)c1C. The van der Waals surface area contributed by atoms with E-state index in [2.05, 4.69) is 45.9 Å². The lowest BCUT2D eigenvalue weighted by Crippen LogP contribution is -2.21. The lowest BCUT2D eigenvalue weighted by Gasteiger charge is -2.23. The van der Waals surface area contributed by atoms with Crippen molar-refractivity contribution in [1.82, 2.24) is 0 Å². The Morgan fingerprint density at radius 1 is 1.05 bits per heavy atom. The molecule has 0 aromatic heterocycles. The number of rotatable bonds is 2. The van der Waals surface area contributed by atoms with Gasteiger partial charge >= 0.3 is 0 Å². The van der Waals surface area contributed by atoms with Crippen molar-refractivity contribution in [2.75, 3.05) is 0 Å². The van der Waals surface area contributed by atoms with Gasteiger partial charge in [0, 0.05) is 6.42 Å². The Hall–Kier alpha value is -1.47. The maximum Gasteiger partial charge on any atom is 0.123 e. The predicted octanol–water partition coefficient (Wildman–Crippen LogP) is 5.20. The molecular weight excluding hydrogens is 280 g/mol. The Morgan fingerprint density at radius 2 is 1.67 bits per heavy atom. The van der Waals surface area contributed by atoms with E-state index in [-0.39, 0.29) is 11.5 Å². The fraction of sp³-hybridized carbons (Fsp3) is 0.368. The largest absolute Gasteiger partial charge is 0.488 e. The second kappa shape index (κ2) is 5.38. The van der Waals surface area contributed by atoms with Crippen molar-refractivity contribution in [2.45, 2.75) is 45.6 Å². The Balaban J connectivity index is 1.96. The summed E-state index contributed by atoms with van der Waals surface area (Å²) >= 11 is 6.83. The summed E-state index contributed by atoms with van der Waals surface area (Å²) in [5, 5.41) is -0.115. The van der Waals surface area contributed by atoms with Crippen LogP contribution in [0.2, 0.25) is 0 Å². The number of fused-ring (bicyclic) bond motifs is 1. The average molecular weight is 301 g/mol. The van der Waals surface area contributed by atoms with Crippen molar-refractivity contribution in [3.8, 4) is 5.75 Å². The molecule has 0 saturated heterocycles. The van der Waals surface area contributed by atoms with Crippen molar-refractivity contribution in [2.24, 2.45) is 0 Å². The van der Waals surface area contributed by atoms with Crippen molar-refractivity contribution in [3.05, 3.63) is 63.7 Å². The molecule has 1 heterocycles. The number of halogens is 1. The fourth-order valence-corrected chi connectivity index (χ4v) is 3.69. The first-order valence-corrected chi connectivity index (χ1v) is 7.88. The third kappa shape index (κ3) is 2.44.